The third-order valence-electron chi connectivity index (χ3n) is 3.66. The fourth-order valence-corrected chi connectivity index (χ4v) is 4.80. The van der Waals surface area contributed by atoms with Gasteiger partial charge in [-0.1, -0.05) is 35.9 Å². The third-order valence-corrected chi connectivity index (χ3v) is 6.51. The van der Waals surface area contributed by atoms with Crippen LogP contribution < -0.4 is 4.80 Å². The molecule has 0 atom stereocenters. The zero-order valence-corrected chi connectivity index (χ0v) is 16.6. The van der Waals surface area contributed by atoms with Crippen LogP contribution in [0.2, 0.25) is 4.34 Å². The van der Waals surface area contributed by atoms with Gasteiger partial charge >= 0.3 is 0 Å². The number of rotatable bonds is 5. The number of hydrogen-bond acceptors (Lipinski definition) is 4. The molecule has 0 unspecified atom stereocenters. The van der Waals surface area contributed by atoms with Gasteiger partial charge in [-0.05, 0) is 42.5 Å². The van der Waals surface area contributed by atoms with Crippen molar-refractivity contribution in [3.63, 3.8) is 0 Å². The molecule has 1 amide bonds. The molecule has 3 aromatic rings. The van der Waals surface area contributed by atoms with Gasteiger partial charge in [0.05, 0.1) is 19.4 Å². The summed E-state index contributed by atoms with van der Waals surface area (Å²) in [4.78, 5) is 18.1. The Morgan fingerprint density at radius 1 is 1.29 bits per heavy atom. The number of amides is 1. The molecule has 24 heavy (non-hydrogen) atoms. The number of aromatic nitrogens is 1. The summed E-state index contributed by atoms with van der Waals surface area (Å²) in [5, 5.41) is 0. The van der Waals surface area contributed by atoms with Crippen LogP contribution in [0.25, 0.3) is 10.2 Å². The van der Waals surface area contributed by atoms with E-state index in [1.807, 2.05) is 0 Å². The van der Waals surface area contributed by atoms with Crippen LogP contribution in [0.5, 0.6) is 0 Å². The molecule has 0 bridgehead atoms. The monoisotopic (exact) mass is 396 g/mol. The highest BCUT2D eigenvalue weighted by Crippen LogP contribution is 2.23. The van der Waals surface area contributed by atoms with Crippen LogP contribution >= 0.6 is 46.0 Å². The number of thiazole rings is 1. The van der Waals surface area contributed by atoms with Gasteiger partial charge in [-0.25, -0.2) is 0 Å². The van der Waals surface area contributed by atoms with Crippen molar-refractivity contribution in [1.82, 2.24) is 4.57 Å². The lowest BCUT2D eigenvalue weighted by Crippen LogP contribution is -2.18. The summed E-state index contributed by atoms with van der Waals surface area (Å²) < 4.78 is 3.92. The van der Waals surface area contributed by atoms with E-state index in [2.05, 4.69) is 40.9 Å². The van der Waals surface area contributed by atoms with Gasteiger partial charge < -0.3 is 4.57 Å². The molecule has 1 aromatic carbocycles. The van der Waals surface area contributed by atoms with Crippen LogP contribution in [0.1, 0.15) is 22.2 Å². The second-order valence-corrected chi connectivity index (χ2v) is 8.92. The maximum atomic E-state index is 12.4. The first-order valence-electron chi connectivity index (χ1n) is 7.58. The Hall–Kier alpha value is -1.08. The van der Waals surface area contributed by atoms with E-state index in [4.69, 9.17) is 11.6 Å². The Labute approximate surface area is 158 Å². The number of thiophene rings is 1. The van der Waals surface area contributed by atoms with Gasteiger partial charge in [0.1, 0.15) is 0 Å². The first kappa shape index (κ1) is 17.7. The van der Waals surface area contributed by atoms with E-state index in [1.54, 1.807) is 35.2 Å². The highest BCUT2D eigenvalue weighted by molar-refractivity contribution is 7.98. The van der Waals surface area contributed by atoms with Crippen molar-refractivity contribution in [2.24, 2.45) is 4.99 Å². The van der Waals surface area contributed by atoms with Gasteiger partial charge in [-0.15, -0.1) is 11.3 Å². The number of benzene rings is 1. The van der Waals surface area contributed by atoms with Crippen molar-refractivity contribution >= 4 is 62.2 Å². The molecule has 2 aromatic heterocycles. The van der Waals surface area contributed by atoms with Gasteiger partial charge in [-0.2, -0.15) is 16.8 Å². The van der Waals surface area contributed by atoms with Crippen molar-refractivity contribution in [1.29, 1.82) is 0 Å². The summed E-state index contributed by atoms with van der Waals surface area (Å²) in [5.74, 6) is 0.750. The molecule has 3 nitrogen and oxygen atoms in total. The number of carbonyl (C=O) groups excluding carboxylic acids is 1. The third kappa shape index (κ3) is 3.77. The molecule has 0 fully saturated rings. The highest BCUT2D eigenvalue weighted by atomic mass is 35.5. The fourth-order valence-electron chi connectivity index (χ4n) is 2.39. The number of nitrogens with zero attached hydrogens (tertiary/aromatic N) is 2. The lowest BCUT2D eigenvalue weighted by Gasteiger charge is -2.04. The largest absolute Gasteiger partial charge is 0.316 e. The molecule has 0 N–H and O–H groups in total. The zero-order valence-electron chi connectivity index (χ0n) is 13.4. The molecule has 126 valence electrons. The number of aryl methyl sites for hydroxylation is 2. The second kappa shape index (κ2) is 7.87. The molecule has 0 saturated carbocycles. The van der Waals surface area contributed by atoms with Crippen molar-refractivity contribution in [3.05, 3.63) is 49.9 Å². The number of halogens is 1. The molecular formula is C17H17ClN2OS3. The Balaban J connectivity index is 2.10. The van der Waals surface area contributed by atoms with Crippen molar-refractivity contribution in [2.45, 2.75) is 19.9 Å². The Bertz CT molecular complexity index is 939. The van der Waals surface area contributed by atoms with Gasteiger partial charge in [0.25, 0.3) is 5.91 Å². The van der Waals surface area contributed by atoms with E-state index in [0.29, 0.717) is 9.21 Å². The summed E-state index contributed by atoms with van der Waals surface area (Å²) in [6.45, 7) is 2.98. The summed E-state index contributed by atoms with van der Waals surface area (Å²) in [6.07, 6.45) is 3.08. The van der Waals surface area contributed by atoms with E-state index >= 15 is 0 Å². The molecule has 0 aliphatic carbocycles. The smallest absolute Gasteiger partial charge is 0.289 e. The Morgan fingerprint density at radius 2 is 2.12 bits per heavy atom. The van der Waals surface area contributed by atoms with Crippen LogP contribution in [0.4, 0.5) is 0 Å². The first-order chi connectivity index (χ1) is 11.6. The molecule has 2 heterocycles. The predicted molar refractivity (Wildman–Crippen MR) is 107 cm³/mol. The number of carbonyl (C=O) groups is 1. The molecule has 0 aliphatic rings. The fraction of sp³-hybridized carbons (Fsp3) is 0.294. The Morgan fingerprint density at radius 3 is 2.79 bits per heavy atom. The normalized spacial score (nSPS) is 12.2. The van der Waals surface area contributed by atoms with Gasteiger partial charge in [0, 0.05) is 12.3 Å². The second-order valence-electron chi connectivity index (χ2n) is 5.21. The molecule has 0 aliphatic heterocycles. The number of thioether (sulfide) groups is 1. The maximum Gasteiger partial charge on any atom is 0.289 e. The van der Waals surface area contributed by atoms with E-state index in [-0.39, 0.29) is 5.91 Å². The van der Waals surface area contributed by atoms with Crippen LogP contribution in [0, 0.1) is 0 Å². The Kier molecular flexibility index (Phi) is 5.81. The average molecular weight is 397 g/mol. The standard InChI is InChI=1S/C17H17ClN2OS3/c1-3-11-4-5-12-14(10-11)24-17(20(12)8-9-22-2)19-16(21)13-6-7-15(18)23-13/h4-7,10H,3,8-9H2,1-2H3. The number of hydrogen-bond donors (Lipinski definition) is 0. The van der Waals surface area contributed by atoms with Crippen molar-refractivity contribution < 1.29 is 4.79 Å². The van der Waals surface area contributed by atoms with Gasteiger partial charge in [0.15, 0.2) is 4.80 Å². The summed E-state index contributed by atoms with van der Waals surface area (Å²) in [6, 6.07) is 9.94. The van der Waals surface area contributed by atoms with E-state index in [1.165, 1.54) is 21.6 Å². The lowest BCUT2D eigenvalue weighted by molar-refractivity contribution is 0.100. The molecular weight excluding hydrogens is 380 g/mol. The van der Waals surface area contributed by atoms with Crippen LogP contribution in [0.15, 0.2) is 35.3 Å². The summed E-state index contributed by atoms with van der Waals surface area (Å²) >= 11 is 10.5. The minimum absolute atomic E-state index is 0.230. The topological polar surface area (TPSA) is 34.4 Å². The maximum absolute atomic E-state index is 12.4. The quantitative estimate of drug-likeness (QED) is 0.602. The molecule has 0 saturated heterocycles. The average Bonchev–Trinajstić information content (AvgIpc) is 3.15. The molecule has 7 heteroatoms. The van der Waals surface area contributed by atoms with Crippen LogP contribution in [-0.2, 0) is 13.0 Å². The molecule has 0 spiro atoms. The van der Waals surface area contributed by atoms with Gasteiger partial charge in [0.2, 0.25) is 0 Å². The van der Waals surface area contributed by atoms with Crippen molar-refractivity contribution in [3.8, 4) is 0 Å². The van der Waals surface area contributed by atoms with Crippen LogP contribution in [0.3, 0.4) is 0 Å². The van der Waals surface area contributed by atoms with E-state index < -0.39 is 0 Å². The summed E-state index contributed by atoms with van der Waals surface area (Å²) in [5.41, 5.74) is 2.44. The molecule has 0 radical (unpaired) electrons. The number of fused-ring (bicyclic) bond motifs is 1. The lowest BCUT2D eigenvalue weighted by atomic mass is 10.2. The minimum atomic E-state index is -0.230. The zero-order chi connectivity index (χ0) is 17.1. The predicted octanol–water partition coefficient (Wildman–Crippen LogP) is 5.08. The van der Waals surface area contributed by atoms with E-state index in [0.717, 1.165) is 29.0 Å². The SMILES string of the molecule is CCc1ccc2c(c1)sc(=NC(=O)c1ccc(Cl)s1)n2CCSC. The van der Waals surface area contributed by atoms with Crippen LogP contribution in [-0.4, -0.2) is 22.5 Å². The highest BCUT2D eigenvalue weighted by Gasteiger charge is 2.11. The molecule has 3 rings (SSSR count). The minimum Gasteiger partial charge on any atom is -0.316 e. The summed E-state index contributed by atoms with van der Waals surface area (Å²) in [7, 11) is 0. The van der Waals surface area contributed by atoms with Crippen molar-refractivity contribution in [2.75, 3.05) is 12.0 Å². The van der Waals surface area contributed by atoms with Gasteiger partial charge in [-0.3, -0.25) is 4.79 Å². The van der Waals surface area contributed by atoms with E-state index in [9.17, 15) is 4.79 Å². The first-order valence-corrected chi connectivity index (χ1v) is 11.0.